The van der Waals surface area contributed by atoms with Crippen LogP contribution in [0.1, 0.15) is 18.6 Å². The highest BCUT2D eigenvalue weighted by Crippen LogP contribution is 2.28. The number of hydrogen-bond acceptors (Lipinski definition) is 2. The van der Waals surface area contributed by atoms with E-state index in [9.17, 15) is 5.11 Å². The zero-order valence-corrected chi connectivity index (χ0v) is 9.41. The monoisotopic (exact) mass is 254 g/mol. The summed E-state index contributed by atoms with van der Waals surface area (Å²) in [5.74, 6) is 3.00. The Labute approximate surface area is 92.0 Å². The van der Waals surface area contributed by atoms with Crippen molar-refractivity contribution >= 4 is 15.9 Å². The first-order chi connectivity index (χ1) is 6.65. The normalized spacial score (nSPS) is 11.9. The van der Waals surface area contributed by atoms with Crippen molar-refractivity contribution in [3.8, 4) is 18.1 Å². The lowest BCUT2D eigenvalue weighted by molar-refractivity contribution is 0.193. The number of aliphatic hydroxyl groups excluding tert-OH is 1. The molecule has 14 heavy (non-hydrogen) atoms. The molecule has 2 nitrogen and oxygen atoms in total. The van der Waals surface area contributed by atoms with E-state index in [-0.39, 0.29) is 6.61 Å². The Kier molecular flexibility index (Phi) is 3.99. The number of hydrogen-bond donors (Lipinski definition) is 1. The Hall–Kier alpha value is -0.980. The Bertz CT molecular complexity index is 353. The second-order valence-electron chi connectivity index (χ2n) is 2.85. The highest BCUT2D eigenvalue weighted by molar-refractivity contribution is 9.10. The lowest BCUT2D eigenvalue weighted by Gasteiger charge is -2.12. The lowest BCUT2D eigenvalue weighted by Crippen LogP contribution is -2.00. The first kappa shape index (κ1) is 11.1. The Balaban J connectivity index is 2.98. The Morgan fingerprint density at radius 3 is 2.93 bits per heavy atom. The SMILES string of the molecule is C#CCOc1cc(Br)ccc1C(C)O. The van der Waals surface area contributed by atoms with Gasteiger partial charge in [0.2, 0.25) is 0 Å². The van der Waals surface area contributed by atoms with E-state index in [1.54, 1.807) is 19.1 Å². The molecule has 74 valence electrons. The molecular formula is C11H11BrO2. The molecule has 1 aromatic carbocycles. The second-order valence-corrected chi connectivity index (χ2v) is 3.77. The van der Waals surface area contributed by atoms with E-state index >= 15 is 0 Å². The molecule has 1 N–H and O–H groups in total. The van der Waals surface area contributed by atoms with Gasteiger partial charge >= 0.3 is 0 Å². The quantitative estimate of drug-likeness (QED) is 0.841. The lowest BCUT2D eigenvalue weighted by atomic mass is 10.1. The molecule has 0 amide bonds. The number of aliphatic hydroxyl groups is 1. The van der Waals surface area contributed by atoms with Crippen molar-refractivity contribution in [2.75, 3.05) is 6.61 Å². The fourth-order valence-electron chi connectivity index (χ4n) is 1.10. The maximum atomic E-state index is 9.45. The minimum atomic E-state index is -0.559. The van der Waals surface area contributed by atoms with Gasteiger partial charge in [0, 0.05) is 10.0 Å². The molecule has 1 atom stereocenters. The van der Waals surface area contributed by atoms with Crippen LogP contribution in [0.25, 0.3) is 0 Å². The summed E-state index contributed by atoms with van der Waals surface area (Å²) in [5, 5.41) is 9.45. The molecule has 1 rings (SSSR count). The molecule has 0 aliphatic heterocycles. The van der Waals surface area contributed by atoms with Crippen LogP contribution < -0.4 is 4.74 Å². The highest BCUT2D eigenvalue weighted by atomic mass is 79.9. The summed E-state index contributed by atoms with van der Waals surface area (Å²) in [4.78, 5) is 0. The van der Waals surface area contributed by atoms with Gasteiger partial charge in [0.15, 0.2) is 0 Å². The van der Waals surface area contributed by atoms with Crippen molar-refractivity contribution in [2.24, 2.45) is 0 Å². The molecule has 0 saturated carbocycles. The minimum Gasteiger partial charge on any atom is -0.481 e. The van der Waals surface area contributed by atoms with Crippen LogP contribution in [0.5, 0.6) is 5.75 Å². The Morgan fingerprint density at radius 1 is 1.64 bits per heavy atom. The fraction of sp³-hybridized carbons (Fsp3) is 0.273. The van der Waals surface area contributed by atoms with E-state index in [1.807, 2.05) is 6.07 Å². The van der Waals surface area contributed by atoms with Crippen LogP contribution in [0, 0.1) is 12.3 Å². The summed E-state index contributed by atoms with van der Waals surface area (Å²) in [6, 6.07) is 5.45. The van der Waals surface area contributed by atoms with Crippen LogP contribution in [0.4, 0.5) is 0 Å². The van der Waals surface area contributed by atoms with E-state index in [2.05, 4.69) is 21.9 Å². The van der Waals surface area contributed by atoms with Crippen molar-refractivity contribution in [1.82, 2.24) is 0 Å². The van der Waals surface area contributed by atoms with E-state index in [0.29, 0.717) is 5.75 Å². The van der Waals surface area contributed by atoms with Gasteiger partial charge in [-0.15, -0.1) is 6.42 Å². The number of rotatable bonds is 3. The average Bonchev–Trinajstić information content (AvgIpc) is 2.14. The van der Waals surface area contributed by atoms with Gasteiger partial charge in [-0.25, -0.2) is 0 Å². The van der Waals surface area contributed by atoms with Gasteiger partial charge in [-0.2, -0.15) is 0 Å². The van der Waals surface area contributed by atoms with Crippen molar-refractivity contribution in [1.29, 1.82) is 0 Å². The largest absolute Gasteiger partial charge is 0.481 e. The predicted octanol–water partition coefficient (Wildman–Crippen LogP) is 2.51. The zero-order valence-electron chi connectivity index (χ0n) is 7.83. The molecule has 0 heterocycles. The summed E-state index contributed by atoms with van der Waals surface area (Å²) in [7, 11) is 0. The van der Waals surface area contributed by atoms with Gasteiger partial charge < -0.3 is 9.84 Å². The topological polar surface area (TPSA) is 29.5 Å². The van der Waals surface area contributed by atoms with Crippen LogP contribution in [-0.2, 0) is 0 Å². The van der Waals surface area contributed by atoms with Crippen LogP contribution in [0.3, 0.4) is 0 Å². The average molecular weight is 255 g/mol. The molecule has 1 aromatic rings. The first-order valence-electron chi connectivity index (χ1n) is 4.19. The van der Waals surface area contributed by atoms with Crippen molar-refractivity contribution in [3.05, 3.63) is 28.2 Å². The molecule has 3 heteroatoms. The number of benzene rings is 1. The third kappa shape index (κ3) is 2.76. The second kappa shape index (κ2) is 5.04. The van der Waals surface area contributed by atoms with Crippen molar-refractivity contribution in [3.63, 3.8) is 0 Å². The zero-order chi connectivity index (χ0) is 10.6. The van der Waals surface area contributed by atoms with Gasteiger partial charge in [0.1, 0.15) is 12.4 Å². The molecule has 0 fully saturated rings. The van der Waals surface area contributed by atoms with Gasteiger partial charge in [0.05, 0.1) is 6.10 Å². The first-order valence-corrected chi connectivity index (χ1v) is 4.98. The number of halogens is 1. The van der Waals surface area contributed by atoms with Crippen molar-refractivity contribution < 1.29 is 9.84 Å². The summed E-state index contributed by atoms with van der Waals surface area (Å²) in [6.07, 6.45) is 4.53. The van der Waals surface area contributed by atoms with Crippen molar-refractivity contribution in [2.45, 2.75) is 13.0 Å². The standard InChI is InChI=1S/C11H11BrO2/c1-3-6-14-11-7-9(12)4-5-10(11)8(2)13/h1,4-5,7-8,13H,6H2,2H3. The van der Waals surface area contributed by atoms with Gasteiger partial charge in [0.25, 0.3) is 0 Å². The minimum absolute atomic E-state index is 0.205. The third-order valence-corrected chi connectivity index (χ3v) is 2.23. The molecule has 0 aromatic heterocycles. The summed E-state index contributed by atoms with van der Waals surface area (Å²) >= 11 is 3.32. The smallest absolute Gasteiger partial charge is 0.148 e. The summed E-state index contributed by atoms with van der Waals surface area (Å²) in [6.45, 7) is 1.89. The van der Waals surface area contributed by atoms with E-state index in [0.717, 1.165) is 10.0 Å². The van der Waals surface area contributed by atoms with Gasteiger partial charge in [-0.3, -0.25) is 0 Å². The van der Waals surface area contributed by atoms with Gasteiger partial charge in [-0.1, -0.05) is 27.9 Å². The molecule has 0 aliphatic carbocycles. The van der Waals surface area contributed by atoms with E-state index in [1.165, 1.54) is 0 Å². The molecule has 0 saturated heterocycles. The maximum Gasteiger partial charge on any atom is 0.148 e. The van der Waals surface area contributed by atoms with Gasteiger partial charge in [-0.05, 0) is 19.1 Å². The highest BCUT2D eigenvalue weighted by Gasteiger charge is 2.08. The molecule has 1 unspecified atom stereocenters. The molecular weight excluding hydrogens is 244 g/mol. The van der Waals surface area contributed by atoms with Crippen LogP contribution in [0.2, 0.25) is 0 Å². The van der Waals surface area contributed by atoms with E-state index < -0.39 is 6.10 Å². The molecule has 0 bridgehead atoms. The van der Waals surface area contributed by atoms with E-state index in [4.69, 9.17) is 11.2 Å². The summed E-state index contributed by atoms with van der Waals surface area (Å²) < 4.78 is 6.20. The molecule has 0 radical (unpaired) electrons. The van der Waals surface area contributed by atoms with Crippen LogP contribution >= 0.6 is 15.9 Å². The summed E-state index contributed by atoms with van der Waals surface area (Å²) in [5.41, 5.74) is 0.739. The number of terminal acetylenes is 1. The van der Waals surface area contributed by atoms with Crippen LogP contribution in [0.15, 0.2) is 22.7 Å². The van der Waals surface area contributed by atoms with Crippen LogP contribution in [-0.4, -0.2) is 11.7 Å². The number of ether oxygens (including phenoxy) is 1. The fourth-order valence-corrected chi connectivity index (χ4v) is 1.44. The maximum absolute atomic E-state index is 9.45. The third-order valence-electron chi connectivity index (χ3n) is 1.74. The molecule has 0 aliphatic rings. The predicted molar refractivity (Wildman–Crippen MR) is 59.1 cm³/mol. The Morgan fingerprint density at radius 2 is 2.36 bits per heavy atom. The molecule has 0 spiro atoms.